The van der Waals surface area contributed by atoms with Crippen LogP contribution in [0.25, 0.3) is 0 Å². The second-order valence-electron chi connectivity index (χ2n) is 5.65. The van der Waals surface area contributed by atoms with Crippen molar-refractivity contribution >= 4 is 23.4 Å². The maximum Gasteiger partial charge on any atom is 0.225 e. The van der Waals surface area contributed by atoms with Crippen LogP contribution in [-0.4, -0.2) is 17.7 Å². The molecular formula is C15H24N2OS. The third-order valence-electron chi connectivity index (χ3n) is 2.98. The van der Waals surface area contributed by atoms with Gasteiger partial charge in [0.1, 0.15) is 0 Å². The number of thioether (sulfide) groups is 1. The van der Waals surface area contributed by atoms with E-state index in [9.17, 15) is 4.79 Å². The van der Waals surface area contributed by atoms with Gasteiger partial charge < -0.3 is 11.1 Å². The van der Waals surface area contributed by atoms with Crippen LogP contribution in [-0.2, 0) is 4.79 Å². The van der Waals surface area contributed by atoms with Crippen molar-refractivity contribution in [1.82, 2.24) is 0 Å². The van der Waals surface area contributed by atoms with Gasteiger partial charge in [-0.1, -0.05) is 39.8 Å². The Morgan fingerprint density at radius 2 is 2.00 bits per heavy atom. The third-order valence-corrected chi connectivity index (χ3v) is 3.93. The summed E-state index contributed by atoms with van der Waals surface area (Å²) in [6, 6.07) is 7.72. The van der Waals surface area contributed by atoms with Gasteiger partial charge in [-0.3, -0.25) is 4.79 Å². The molecule has 3 N–H and O–H groups in total. The first-order valence-electron chi connectivity index (χ1n) is 6.62. The molecule has 0 saturated heterocycles. The Bertz CT molecular complexity index is 426. The monoisotopic (exact) mass is 280 g/mol. The number of carbonyl (C=O) groups excluding carboxylic acids is 1. The number of anilines is 1. The summed E-state index contributed by atoms with van der Waals surface area (Å²) in [6.07, 6.45) is 0.342. The Morgan fingerprint density at radius 1 is 1.37 bits per heavy atom. The van der Waals surface area contributed by atoms with Crippen LogP contribution in [0.5, 0.6) is 0 Å². The quantitative estimate of drug-likeness (QED) is 0.812. The predicted octanol–water partition coefficient (Wildman–Crippen LogP) is 3.50. The molecule has 1 aromatic rings. The molecule has 0 heterocycles. The largest absolute Gasteiger partial charge is 0.327 e. The molecule has 0 radical (unpaired) electrons. The van der Waals surface area contributed by atoms with Crippen molar-refractivity contribution < 1.29 is 4.79 Å². The number of hydrogen-bond donors (Lipinski definition) is 2. The van der Waals surface area contributed by atoms with Gasteiger partial charge in [0.15, 0.2) is 0 Å². The van der Waals surface area contributed by atoms with E-state index in [2.05, 4.69) is 12.2 Å². The highest BCUT2D eigenvalue weighted by Gasteiger charge is 2.23. The summed E-state index contributed by atoms with van der Waals surface area (Å²) < 4.78 is 0. The van der Waals surface area contributed by atoms with Crippen molar-refractivity contribution in [3.05, 3.63) is 24.3 Å². The minimum atomic E-state index is -0.140. The minimum Gasteiger partial charge on any atom is -0.327 e. The van der Waals surface area contributed by atoms with Crippen molar-refractivity contribution in [2.75, 3.05) is 11.1 Å². The van der Waals surface area contributed by atoms with Crippen LogP contribution in [0.15, 0.2) is 29.2 Å². The van der Waals surface area contributed by atoms with Crippen molar-refractivity contribution in [3.8, 4) is 0 Å². The second kappa shape index (κ2) is 6.96. The third kappa shape index (κ3) is 5.25. The fraction of sp³-hybridized carbons (Fsp3) is 0.533. The number of rotatable bonds is 5. The average Bonchev–Trinajstić information content (AvgIpc) is 2.30. The predicted molar refractivity (Wildman–Crippen MR) is 83.5 cm³/mol. The van der Waals surface area contributed by atoms with Crippen LogP contribution in [0, 0.1) is 5.41 Å². The summed E-state index contributed by atoms with van der Waals surface area (Å²) in [5.41, 5.74) is 6.85. The van der Waals surface area contributed by atoms with Gasteiger partial charge in [-0.2, -0.15) is 0 Å². The fourth-order valence-corrected chi connectivity index (χ4v) is 2.32. The van der Waals surface area contributed by atoms with Gasteiger partial charge in [0, 0.05) is 17.4 Å². The molecule has 0 aliphatic carbocycles. The van der Waals surface area contributed by atoms with Gasteiger partial charge in [0.2, 0.25) is 5.91 Å². The molecule has 0 spiro atoms. The van der Waals surface area contributed by atoms with Gasteiger partial charge in [0.05, 0.1) is 5.69 Å². The average molecular weight is 280 g/mol. The normalized spacial score (nSPS) is 13.1. The summed E-state index contributed by atoms with van der Waals surface area (Å²) in [6.45, 7) is 8.24. The number of benzene rings is 1. The van der Waals surface area contributed by atoms with E-state index >= 15 is 0 Å². The Kier molecular flexibility index (Phi) is 5.88. The standard InChI is InChI=1S/C15H24N2OS/c1-5-19-12-9-7-6-8-11(12)17-14(18)10-13(16)15(2,3)4/h6-9,13H,5,10,16H2,1-4H3,(H,17,18). The lowest BCUT2D eigenvalue weighted by Gasteiger charge is -2.26. The number of carbonyl (C=O) groups is 1. The smallest absolute Gasteiger partial charge is 0.225 e. The first kappa shape index (κ1) is 16.1. The van der Waals surface area contributed by atoms with Crippen LogP contribution in [0.3, 0.4) is 0 Å². The number of hydrogen-bond acceptors (Lipinski definition) is 3. The molecule has 0 aliphatic heterocycles. The van der Waals surface area contributed by atoms with Gasteiger partial charge in [0.25, 0.3) is 0 Å². The summed E-state index contributed by atoms with van der Waals surface area (Å²) in [4.78, 5) is 13.1. The Labute approximate surface area is 120 Å². The summed E-state index contributed by atoms with van der Waals surface area (Å²) in [5.74, 6) is 0.959. The lowest BCUT2D eigenvalue weighted by atomic mass is 9.85. The molecule has 1 aromatic carbocycles. The van der Waals surface area contributed by atoms with Crippen LogP contribution in [0.2, 0.25) is 0 Å². The molecule has 0 bridgehead atoms. The zero-order chi connectivity index (χ0) is 14.5. The van der Waals surface area contributed by atoms with E-state index in [1.807, 2.05) is 45.0 Å². The minimum absolute atomic E-state index is 0.0217. The second-order valence-corrected chi connectivity index (χ2v) is 6.96. The fourth-order valence-electron chi connectivity index (χ4n) is 1.56. The Hall–Kier alpha value is -1.00. The molecule has 0 aliphatic rings. The lowest BCUT2D eigenvalue weighted by Crippen LogP contribution is -2.38. The van der Waals surface area contributed by atoms with Crippen molar-refractivity contribution in [2.24, 2.45) is 11.1 Å². The topological polar surface area (TPSA) is 55.1 Å². The van der Waals surface area contributed by atoms with E-state index in [-0.39, 0.29) is 17.4 Å². The van der Waals surface area contributed by atoms with E-state index in [0.29, 0.717) is 6.42 Å². The number of amides is 1. The van der Waals surface area contributed by atoms with Gasteiger partial charge >= 0.3 is 0 Å². The van der Waals surface area contributed by atoms with Crippen LogP contribution in [0.4, 0.5) is 5.69 Å². The zero-order valence-electron chi connectivity index (χ0n) is 12.2. The van der Waals surface area contributed by atoms with Crippen molar-refractivity contribution in [1.29, 1.82) is 0 Å². The molecule has 1 amide bonds. The number of para-hydroxylation sites is 1. The SMILES string of the molecule is CCSc1ccccc1NC(=O)CC(N)C(C)(C)C. The van der Waals surface area contributed by atoms with Crippen LogP contribution >= 0.6 is 11.8 Å². The van der Waals surface area contributed by atoms with E-state index in [0.717, 1.165) is 16.3 Å². The molecule has 19 heavy (non-hydrogen) atoms. The van der Waals surface area contributed by atoms with Crippen molar-refractivity contribution in [3.63, 3.8) is 0 Å². The summed E-state index contributed by atoms with van der Waals surface area (Å²) in [5, 5.41) is 2.96. The zero-order valence-corrected chi connectivity index (χ0v) is 13.0. The van der Waals surface area contributed by atoms with E-state index < -0.39 is 0 Å². The van der Waals surface area contributed by atoms with E-state index in [1.54, 1.807) is 11.8 Å². The highest BCUT2D eigenvalue weighted by atomic mass is 32.2. The lowest BCUT2D eigenvalue weighted by molar-refractivity contribution is -0.117. The summed E-state index contributed by atoms with van der Waals surface area (Å²) in [7, 11) is 0. The van der Waals surface area contributed by atoms with Crippen LogP contribution in [0.1, 0.15) is 34.1 Å². The number of nitrogens with two attached hydrogens (primary N) is 1. The molecule has 106 valence electrons. The van der Waals surface area contributed by atoms with Gasteiger partial charge in [-0.25, -0.2) is 0 Å². The highest BCUT2D eigenvalue weighted by molar-refractivity contribution is 7.99. The van der Waals surface area contributed by atoms with Crippen molar-refractivity contribution in [2.45, 2.75) is 45.1 Å². The number of nitrogens with one attached hydrogen (secondary N) is 1. The molecule has 0 aromatic heterocycles. The molecule has 1 rings (SSSR count). The molecular weight excluding hydrogens is 256 g/mol. The molecule has 3 nitrogen and oxygen atoms in total. The molecule has 0 fully saturated rings. The van der Waals surface area contributed by atoms with Crippen LogP contribution < -0.4 is 11.1 Å². The molecule has 4 heteroatoms. The van der Waals surface area contributed by atoms with E-state index in [4.69, 9.17) is 5.73 Å². The first-order valence-corrected chi connectivity index (χ1v) is 7.60. The molecule has 1 atom stereocenters. The molecule has 1 unspecified atom stereocenters. The maximum absolute atomic E-state index is 12.0. The first-order chi connectivity index (χ1) is 8.84. The highest BCUT2D eigenvalue weighted by Crippen LogP contribution is 2.27. The van der Waals surface area contributed by atoms with Gasteiger partial charge in [-0.15, -0.1) is 11.8 Å². The Balaban J connectivity index is 2.67. The van der Waals surface area contributed by atoms with E-state index in [1.165, 1.54) is 0 Å². The maximum atomic E-state index is 12.0. The molecule has 0 saturated carbocycles. The summed E-state index contributed by atoms with van der Waals surface area (Å²) >= 11 is 1.72. The Morgan fingerprint density at radius 3 is 2.58 bits per heavy atom. The van der Waals surface area contributed by atoms with Gasteiger partial charge in [-0.05, 0) is 23.3 Å².